The van der Waals surface area contributed by atoms with Crippen LogP contribution in [0.2, 0.25) is 0 Å². The summed E-state index contributed by atoms with van der Waals surface area (Å²) in [7, 11) is 3.58. The largest absolute Gasteiger partial charge is 0.348 e. The summed E-state index contributed by atoms with van der Waals surface area (Å²) >= 11 is 0. The monoisotopic (exact) mass is 438 g/mol. The van der Waals surface area contributed by atoms with Crippen molar-refractivity contribution in [3.05, 3.63) is 59.9 Å². The summed E-state index contributed by atoms with van der Waals surface area (Å²) < 4.78 is 13.9. The molecule has 0 radical (unpaired) electrons. The Morgan fingerprint density at radius 1 is 1.03 bits per heavy atom. The van der Waals surface area contributed by atoms with E-state index in [1.807, 2.05) is 35.2 Å². The van der Waals surface area contributed by atoms with E-state index in [1.54, 1.807) is 25.1 Å². The first kappa shape index (κ1) is 24.0. The van der Waals surface area contributed by atoms with Crippen LogP contribution < -0.4 is 0 Å². The highest BCUT2D eigenvalue weighted by Crippen LogP contribution is 2.40. The summed E-state index contributed by atoms with van der Waals surface area (Å²) in [6, 6.07) is 14.5. The molecule has 1 heterocycles. The zero-order chi connectivity index (χ0) is 23.5. The Morgan fingerprint density at radius 2 is 1.69 bits per heavy atom. The van der Waals surface area contributed by atoms with E-state index in [2.05, 4.69) is 20.8 Å². The molecule has 32 heavy (non-hydrogen) atoms. The normalized spacial score (nSPS) is 16.0. The molecule has 0 spiro atoms. The van der Waals surface area contributed by atoms with Crippen LogP contribution in [0.1, 0.15) is 45.6 Å². The SMILES string of the molecule is CN(C)C(=O)C1(Cc2ccccc2-c2cccc(F)c2)CCN(C(=O)CC(C)(C)C)CC1. The van der Waals surface area contributed by atoms with Gasteiger partial charge in [0.1, 0.15) is 5.82 Å². The standard InChI is InChI=1S/C27H35FN2O2/c1-26(2,3)19-24(31)30-15-13-27(14-16-30,25(32)29(4)5)18-21-9-6-7-12-23(21)20-10-8-11-22(28)17-20/h6-12,17H,13-16,18-19H2,1-5H3. The minimum Gasteiger partial charge on any atom is -0.348 e. The topological polar surface area (TPSA) is 40.6 Å². The van der Waals surface area contributed by atoms with Crippen molar-refractivity contribution >= 4 is 11.8 Å². The first-order valence-corrected chi connectivity index (χ1v) is 11.3. The van der Waals surface area contributed by atoms with Crippen molar-refractivity contribution in [3.8, 4) is 11.1 Å². The molecule has 0 aliphatic carbocycles. The molecule has 0 atom stereocenters. The van der Waals surface area contributed by atoms with Crippen molar-refractivity contribution in [2.45, 2.75) is 46.5 Å². The molecule has 3 rings (SSSR count). The van der Waals surface area contributed by atoms with E-state index in [0.717, 1.165) is 16.7 Å². The average molecular weight is 439 g/mol. The van der Waals surface area contributed by atoms with Crippen LogP contribution in [0.5, 0.6) is 0 Å². The predicted octanol–water partition coefficient (Wildman–Crippen LogP) is 5.17. The summed E-state index contributed by atoms with van der Waals surface area (Å²) in [5.41, 5.74) is 2.15. The summed E-state index contributed by atoms with van der Waals surface area (Å²) in [6.07, 6.45) is 2.32. The van der Waals surface area contributed by atoms with E-state index >= 15 is 0 Å². The predicted molar refractivity (Wildman–Crippen MR) is 127 cm³/mol. The van der Waals surface area contributed by atoms with E-state index < -0.39 is 5.41 Å². The molecule has 1 saturated heterocycles. The minimum atomic E-state index is -0.578. The van der Waals surface area contributed by atoms with Crippen LogP contribution in [0.15, 0.2) is 48.5 Å². The molecule has 172 valence electrons. The Bertz CT molecular complexity index is 970. The lowest BCUT2D eigenvalue weighted by Gasteiger charge is -2.43. The summed E-state index contributed by atoms with van der Waals surface area (Å²) in [5, 5.41) is 0. The number of amides is 2. The van der Waals surface area contributed by atoms with Crippen LogP contribution in [0.4, 0.5) is 4.39 Å². The van der Waals surface area contributed by atoms with Crippen LogP contribution in [-0.2, 0) is 16.0 Å². The summed E-state index contributed by atoms with van der Waals surface area (Å²) in [6.45, 7) is 7.36. The first-order chi connectivity index (χ1) is 15.0. The fourth-order valence-corrected chi connectivity index (χ4v) is 4.67. The van der Waals surface area contributed by atoms with Crippen LogP contribution in [0.3, 0.4) is 0 Å². The third-order valence-electron chi connectivity index (χ3n) is 6.30. The number of hydrogen-bond donors (Lipinski definition) is 0. The van der Waals surface area contributed by atoms with Gasteiger partial charge in [-0.1, -0.05) is 57.2 Å². The van der Waals surface area contributed by atoms with Crippen molar-refractivity contribution in [1.29, 1.82) is 0 Å². The molecule has 5 heteroatoms. The number of carbonyl (C=O) groups is 2. The number of rotatable bonds is 5. The molecule has 0 saturated carbocycles. The number of hydrogen-bond acceptors (Lipinski definition) is 2. The van der Waals surface area contributed by atoms with Gasteiger partial charge in [0.2, 0.25) is 11.8 Å². The van der Waals surface area contributed by atoms with Gasteiger partial charge in [0.05, 0.1) is 5.41 Å². The maximum Gasteiger partial charge on any atom is 0.228 e. The highest BCUT2D eigenvalue weighted by molar-refractivity contribution is 5.84. The van der Waals surface area contributed by atoms with Crippen molar-refractivity contribution in [2.75, 3.05) is 27.2 Å². The van der Waals surface area contributed by atoms with Gasteiger partial charge < -0.3 is 9.80 Å². The van der Waals surface area contributed by atoms with Crippen LogP contribution in [0.25, 0.3) is 11.1 Å². The highest BCUT2D eigenvalue weighted by Gasteiger charge is 2.43. The number of carbonyl (C=O) groups excluding carboxylic acids is 2. The summed E-state index contributed by atoms with van der Waals surface area (Å²) in [5.74, 6) is -0.0277. The minimum absolute atomic E-state index is 0.0605. The molecule has 2 amide bonds. The van der Waals surface area contributed by atoms with Crippen molar-refractivity contribution < 1.29 is 14.0 Å². The molecular formula is C27H35FN2O2. The van der Waals surface area contributed by atoms with Crippen LogP contribution in [-0.4, -0.2) is 48.8 Å². The highest BCUT2D eigenvalue weighted by atomic mass is 19.1. The molecule has 0 aromatic heterocycles. The molecule has 0 unspecified atom stereocenters. The lowest BCUT2D eigenvalue weighted by atomic mass is 9.71. The molecule has 1 aliphatic rings. The lowest BCUT2D eigenvalue weighted by molar-refractivity contribution is -0.146. The van der Waals surface area contributed by atoms with Gasteiger partial charge in [0.25, 0.3) is 0 Å². The number of nitrogens with zero attached hydrogens (tertiary/aromatic N) is 2. The second-order valence-corrected chi connectivity index (χ2v) is 10.4. The zero-order valence-corrected chi connectivity index (χ0v) is 20.0. The Labute approximate surface area is 191 Å². The molecule has 1 aliphatic heterocycles. The maximum absolute atomic E-state index is 13.9. The molecular weight excluding hydrogens is 403 g/mol. The lowest BCUT2D eigenvalue weighted by Crippen LogP contribution is -2.51. The van der Waals surface area contributed by atoms with Crippen LogP contribution in [0, 0.1) is 16.6 Å². The Balaban J connectivity index is 1.88. The fourth-order valence-electron chi connectivity index (χ4n) is 4.67. The average Bonchev–Trinajstić information content (AvgIpc) is 2.72. The quantitative estimate of drug-likeness (QED) is 0.646. The second kappa shape index (κ2) is 9.43. The van der Waals surface area contributed by atoms with Gasteiger partial charge in [-0.15, -0.1) is 0 Å². The Kier molecular flexibility index (Phi) is 7.06. The molecule has 2 aromatic rings. The number of likely N-dealkylation sites (tertiary alicyclic amines) is 1. The number of halogens is 1. The van der Waals surface area contributed by atoms with Crippen molar-refractivity contribution in [3.63, 3.8) is 0 Å². The second-order valence-electron chi connectivity index (χ2n) is 10.4. The van der Waals surface area contributed by atoms with Gasteiger partial charge in [0.15, 0.2) is 0 Å². The smallest absolute Gasteiger partial charge is 0.228 e. The maximum atomic E-state index is 13.9. The number of benzene rings is 2. The van der Waals surface area contributed by atoms with Gasteiger partial charge in [0, 0.05) is 33.6 Å². The Morgan fingerprint density at radius 3 is 2.28 bits per heavy atom. The molecule has 0 N–H and O–H groups in total. The third-order valence-corrected chi connectivity index (χ3v) is 6.30. The van der Waals surface area contributed by atoms with Gasteiger partial charge in [-0.3, -0.25) is 9.59 Å². The summed E-state index contributed by atoms with van der Waals surface area (Å²) in [4.78, 5) is 29.7. The van der Waals surface area contributed by atoms with E-state index in [9.17, 15) is 14.0 Å². The van der Waals surface area contributed by atoms with Gasteiger partial charge in [-0.2, -0.15) is 0 Å². The van der Waals surface area contributed by atoms with E-state index in [-0.39, 0.29) is 23.0 Å². The van der Waals surface area contributed by atoms with E-state index in [4.69, 9.17) is 0 Å². The number of piperidine rings is 1. The van der Waals surface area contributed by atoms with Crippen LogP contribution >= 0.6 is 0 Å². The van der Waals surface area contributed by atoms with Gasteiger partial charge in [-0.05, 0) is 53.5 Å². The zero-order valence-electron chi connectivity index (χ0n) is 20.0. The third kappa shape index (κ3) is 5.56. The molecule has 1 fully saturated rings. The molecule has 2 aromatic carbocycles. The van der Waals surface area contributed by atoms with E-state index in [0.29, 0.717) is 38.8 Å². The molecule has 4 nitrogen and oxygen atoms in total. The fraction of sp³-hybridized carbons (Fsp3) is 0.481. The van der Waals surface area contributed by atoms with Gasteiger partial charge >= 0.3 is 0 Å². The van der Waals surface area contributed by atoms with Crippen molar-refractivity contribution in [2.24, 2.45) is 10.8 Å². The first-order valence-electron chi connectivity index (χ1n) is 11.3. The van der Waals surface area contributed by atoms with Crippen molar-refractivity contribution in [1.82, 2.24) is 9.80 Å². The molecule has 0 bridgehead atoms. The van der Waals surface area contributed by atoms with Gasteiger partial charge in [-0.25, -0.2) is 4.39 Å². The van der Waals surface area contributed by atoms with E-state index in [1.165, 1.54) is 12.1 Å². The Hall–Kier alpha value is -2.69.